The van der Waals surface area contributed by atoms with Gasteiger partial charge in [0, 0.05) is 28.0 Å². The minimum Gasteiger partial charge on any atom is -0.457 e. The standard InChI is InChI=1S/C23H13BrN2O/c24-14-9-10-16-20(13-14)27-19-8-2-1-5-15(19)23(16)17-6-3-11-25-21(17)22-18(23)7-4-12-26-22/h1-13H. The van der Waals surface area contributed by atoms with Crippen LogP contribution in [-0.4, -0.2) is 9.97 Å². The number of halogens is 1. The molecule has 0 unspecified atom stereocenters. The number of para-hydroxylation sites is 1. The fraction of sp³-hybridized carbons (Fsp3) is 0.0435. The molecule has 1 aliphatic heterocycles. The zero-order valence-corrected chi connectivity index (χ0v) is 15.8. The fourth-order valence-electron chi connectivity index (χ4n) is 4.54. The number of benzene rings is 2. The van der Waals surface area contributed by atoms with Gasteiger partial charge < -0.3 is 4.74 Å². The van der Waals surface area contributed by atoms with Gasteiger partial charge in [-0.25, -0.2) is 0 Å². The number of nitrogens with zero attached hydrogens (tertiary/aromatic N) is 2. The summed E-state index contributed by atoms with van der Waals surface area (Å²) in [6.07, 6.45) is 3.67. The van der Waals surface area contributed by atoms with Crippen molar-refractivity contribution >= 4 is 15.9 Å². The summed E-state index contributed by atoms with van der Waals surface area (Å²) in [6, 6.07) is 22.9. The van der Waals surface area contributed by atoms with Gasteiger partial charge in [-0.15, -0.1) is 0 Å². The molecule has 0 atom stereocenters. The Kier molecular flexibility index (Phi) is 2.95. The first-order valence-electron chi connectivity index (χ1n) is 8.79. The molecule has 128 valence electrons. The van der Waals surface area contributed by atoms with Crippen LogP contribution < -0.4 is 4.74 Å². The molecule has 0 N–H and O–H groups in total. The predicted molar refractivity (Wildman–Crippen MR) is 107 cm³/mol. The molecule has 4 aromatic rings. The highest BCUT2D eigenvalue weighted by molar-refractivity contribution is 9.10. The van der Waals surface area contributed by atoms with Crippen LogP contribution in [0.15, 0.2) is 83.6 Å². The lowest BCUT2D eigenvalue weighted by Gasteiger charge is -2.38. The Hall–Kier alpha value is -2.98. The average molecular weight is 413 g/mol. The number of fused-ring (bicyclic) bond motifs is 9. The molecular weight excluding hydrogens is 400 g/mol. The summed E-state index contributed by atoms with van der Waals surface area (Å²) in [6.45, 7) is 0. The van der Waals surface area contributed by atoms with Crippen molar-refractivity contribution < 1.29 is 4.74 Å². The topological polar surface area (TPSA) is 35.0 Å². The SMILES string of the molecule is Brc1ccc2c(c1)Oc1ccccc1C21c2cccnc2-c2ncccc21. The Bertz CT molecular complexity index is 1190. The smallest absolute Gasteiger partial charge is 0.133 e. The maximum Gasteiger partial charge on any atom is 0.133 e. The van der Waals surface area contributed by atoms with Crippen molar-refractivity contribution in [2.45, 2.75) is 5.41 Å². The molecule has 0 fully saturated rings. The second kappa shape index (κ2) is 5.27. The van der Waals surface area contributed by atoms with Gasteiger partial charge in [0.05, 0.1) is 16.8 Å². The third-order valence-corrected chi connectivity index (χ3v) is 6.00. The van der Waals surface area contributed by atoms with E-state index in [4.69, 9.17) is 14.7 Å². The van der Waals surface area contributed by atoms with Crippen molar-refractivity contribution in [2.24, 2.45) is 0 Å². The Morgan fingerprint density at radius 1 is 0.667 bits per heavy atom. The van der Waals surface area contributed by atoms with Crippen molar-refractivity contribution in [2.75, 3.05) is 0 Å². The summed E-state index contributed by atoms with van der Waals surface area (Å²) in [7, 11) is 0. The number of aromatic nitrogens is 2. The van der Waals surface area contributed by atoms with Crippen molar-refractivity contribution in [1.82, 2.24) is 9.97 Å². The molecule has 2 aromatic heterocycles. The first-order valence-corrected chi connectivity index (χ1v) is 9.58. The summed E-state index contributed by atoms with van der Waals surface area (Å²) in [5, 5.41) is 0. The maximum atomic E-state index is 6.30. The Morgan fingerprint density at radius 2 is 1.30 bits per heavy atom. The van der Waals surface area contributed by atoms with E-state index in [1.807, 2.05) is 42.7 Å². The Balaban J connectivity index is 1.85. The van der Waals surface area contributed by atoms with Crippen molar-refractivity contribution in [3.05, 3.63) is 106 Å². The summed E-state index contributed by atoms with van der Waals surface area (Å²) in [5.41, 5.74) is 5.96. The van der Waals surface area contributed by atoms with Crippen molar-refractivity contribution in [3.8, 4) is 22.9 Å². The maximum absolute atomic E-state index is 6.30. The van der Waals surface area contributed by atoms with Gasteiger partial charge in [0.15, 0.2) is 0 Å². The minimum atomic E-state index is -0.474. The summed E-state index contributed by atoms with van der Waals surface area (Å²) in [4.78, 5) is 9.40. The van der Waals surface area contributed by atoms with E-state index < -0.39 is 5.41 Å². The Morgan fingerprint density at radius 3 is 2.04 bits per heavy atom. The van der Waals surface area contributed by atoms with Gasteiger partial charge in [-0.2, -0.15) is 0 Å². The lowest BCUT2D eigenvalue weighted by Crippen LogP contribution is -2.32. The summed E-state index contributed by atoms with van der Waals surface area (Å²) < 4.78 is 7.30. The molecule has 1 spiro atoms. The van der Waals surface area contributed by atoms with Gasteiger partial charge in [0.25, 0.3) is 0 Å². The summed E-state index contributed by atoms with van der Waals surface area (Å²) in [5.74, 6) is 1.73. The monoisotopic (exact) mass is 412 g/mol. The molecule has 2 aromatic carbocycles. The van der Waals surface area contributed by atoms with Gasteiger partial charge >= 0.3 is 0 Å². The van der Waals surface area contributed by atoms with Crippen molar-refractivity contribution in [1.29, 1.82) is 0 Å². The largest absolute Gasteiger partial charge is 0.457 e. The fourth-order valence-corrected chi connectivity index (χ4v) is 4.88. The average Bonchev–Trinajstić information content (AvgIpc) is 3.00. The number of ether oxygens (including phenoxy) is 1. The Labute approximate surface area is 164 Å². The van der Waals surface area contributed by atoms with E-state index in [1.54, 1.807) is 0 Å². The van der Waals surface area contributed by atoms with Crippen molar-refractivity contribution in [3.63, 3.8) is 0 Å². The van der Waals surface area contributed by atoms with E-state index >= 15 is 0 Å². The molecule has 27 heavy (non-hydrogen) atoms. The molecule has 0 saturated heterocycles. The van der Waals surface area contributed by atoms with E-state index in [1.165, 1.54) is 0 Å². The quantitative estimate of drug-likeness (QED) is 0.320. The predicted octanol–water partition coefficient (Wildman–Crippen LogP) is 5.71. The van der Waals surface area contributed by atoms with Crippen LogP contribution in [0, 0.1) is 0 Å². The third kappa shape index (κ3) is 1.81. The number of hydrogen-bond donors (Lipinski definition) is 0. The molecule has 6 rings (SSSR count). The second-order valence-electron chi connectivity index (χ2n) is 6.79. The van der Waals surface area contributed by atoms with E-state index in [-0.39, 0.29) is 0 Å². The summed E-state index contributed by atoms with van der Waals surface area (Å²) >= 11 is 3.59. The molecular formula is C23H13BrN2O. The normalized spacial score (nSPS) is 14.7. The minimum absolute atomic E-state index is 0.474. The number of rotatable bonds is 0. The molecule has 1 aliphatic carbocycles. The molecule has 2 aliphatic rings. The molecule has 0 radical (unpaired) electrons. The first kappa shape index (κ1) is 15.1. The molecule has 0 amide bonds. The second-order valence-corrected chi connectivity index (χ2v) is 7.70. The van der Waals surface area contributed by atoms with Crippen LogP contribution in [0.25, 0.3) is 11.4 Å². The highest BCUT2D eigenvalue weighted by atomic mass is 79.9. The van der Waals surface area contributed by atoms with Gasteiger partial charge in [0.1, 0.15) is 11.5 Å². The molecule has 3 heterocycles. The van der Waals surface area contributed by atoms with Crippen LogP contribution in [0.2, 0.25) is 0 Å². The molecule has 0 saturated carbocycles. The van der Waals surface area contributed by atoms with Crippen LogP contribution >= 0.6 is 15.9 Å². The number of hydrogen-bond acceptors (Lipinski definition) is 3. The van der Waals surface area contributed by atoms with Gasteiger partial charge in [0.2, 0.25) is 0 Å². The highest BCUT2D eigenvalue weighted by Crippen LogP contribution is 2.61. The first-order chi connectivity index (χ1) is 13.3. The van der Waals surface area contributed by atoms with E-state index in [9.17, 15) is 0 Å². The van der Waals surface area contributed by atoms with E-state index in [0.717, 1.165) is 49.6 Å². The zero-order chi connectivity index (χ0) is 18.0. The molecule has 3 nitrogen and oxygen atoms in total. The number of pyridine rings is 2. The van der Waals surface area contributed by atoms with E-state index in [0.29, 0.717) is 0 Å². The van der Waals surface area contributed by atoms with Crippen LogP contribution in [0.4, 0.5) is 0 Å². The zero-order valence-electron chi connectivity index (χ0n) is 14.2. The van der Waals surface area contributed by atoms with E-state index in [2.05, 4.69) is 52.3 Å². The molecule has 4 heteroatoms. The third-order valence-electron chi connectivity index (χ3n) is 5.51. The highest BCUT2D eigenvalue weighted by Gasteiger charge is 2.52. The van der Waals surface area contributed by atoms with Crippen LogP contribution in [0.5, 0.6) is 11.5 Å². The lowest BCUT2D eigenvalue weighted by atomic mass is 9.66. The van der Waals surface area contributed by atoms with Crippen LogP contribution in [0.1, 0.15) is 22.3 Å². The van der Waals surface area contributed by atoms with Gasteiger partial charge in [-0.1, -0.05) is 52.3 Å². The molecule has 0 bridgehead atoms. The van der Waals surface area contributed by atoms with Gasteiger partial charge in [-0.3, -0.25) is 9.97 Å². The van der Waals surface area contributed by atoms with Crippen LogP contribution in [0.3, 0.4) is 0 Å². The van der Waals surface area contributed by atoms with Gasteiger partial charge in [-0.05, 0) is 41.5 Å². The lowest BCUT2D eigenvalue weighted by molar-refractivity contribution is 0.436. The van der Waals surface area contributed by atoms with Crippen LogP contribution in [-0.2, 0) is 5.41 Å².